The molecule has 0 radical (unpaired) electrons. The van der Waals surface area contributed by atoms with Crippen LogP contribution in [0.1, 0.15) is 31.7 Å². The van der Waals surface area contributed by atoms with E-state index in [2.05, 4.69) is 0 Å². The molecule has 9 heteroatoms. The fourth-order valence-corrected chi connectivity index (χ4v) is 4.46. The predicted molar refractivity (Wildman–Crippen MR) is 91.7 cm³/mol. The second-order valence-corrected chi connectivity index (χ2v) is 9.40. The number of unbranched alkanes of at least 4 members (excludes halogenated alkanes) is 1. The summed E-state index contributed by atoms with van der Waals surface area (Å²) in [5, 5.41) is 0. The van der Waals surface area contributed by atoms with Gasteiger partial charge in [0.1, 0.15) is 12.4 Å². The van der Waals surface area contributed by atoms with Gasteiger partial charge in [0.15, 0.2) is 4.99 Å². The maximum absolute atomic E-state index is 11.1. The first kappa shape index (κ1) is 20.9. The van der Waals surface area contributed by atoms with Gasteiger partial charge in [-0.1, -0.05) is 18.2 Å². The highest BCUT2D eigenvalue weighted by Gasteiger charge is 2.38. The smallest absolute Gasteiger partial charge is 0.346 e. The number of allylic oxidation sites excluding steroid dienone is 1. The summed E-state index contributed by atoms with van der Waals surface area (Å²) in [5.74, 6) is 0.746. The molecule has 3 N–H and O–H groups in total. The molecule has 1 aromatic rings. The highest BCUT2D eigenvalue weighted by atomic mass is 32.2. The Labute approximate surface area is 142 Å². The standard InChI is InChI=1S/C15H23O7PS/c1-12-7-5-8-14(10-12)22-11-13(2)6-3-4-9-15(23(16,17)18)24(19,20)21/h5-8,10,15H,3-4,9,11H2,1-2H3,(H2,16,17,18)(H,19,20,21)/b13-6+. The maximum Gasteiger partial charge on any atom is 0.346 e. The van der Waals surface area contributed by atoms with E-state index in [9.17, 15) is 13.0 Å². The van der Waals surface area contributed by atoms with Crippen molar-refractivity contribution >= 4 is 17.7 Å². The summed E-state index contributed by atoms with van der Waals surface area (Å²) in [6.07, 6.45) is 2.15. The lowest BCUT2D eigenvalue weighted by Crippen LogP contribution is -2.20. The lowest BCUT2D eigenvalue weighted by molar-refractivity contribution is 0.351. The molecule has 0 saturated heterocycles. The summed E-state index contributed by atoms with van der Waals surface area (Å²) in [6, 6.07) is 7.60. The highest BCUT2D eigenvalue weighted by molar-refractivity contribution is 7.93. The molecule has 0 fully saturated rings. The van der Waals surface area contributed by atoms with Gasteiger partial charge in [-0.15, -0.1) is 0 Å². The van der Waals surface area contributed by atoms with E-state index in [0.29, 0.717) is 13.0 Å². The second-order valence-electron chi connectivity index (χ2n) is 5.65. The van der Waals surface area contributed by atoms with Gasteiger partial charge in [-0.05, 0) is 56.4 Å². The normalized spacial score (nSPS) is 14.5. The van der Waals surface area contributed by atoms with E-state index in [1.165, 1.54) is 0 Å². The molecule has 0 aliphatic rings. The van der Waals surface area contributed by atoms with E-state index in [1.807, 2.05) is 44.2 Å². The Morgan fingerprint density at radius 3 is 2.58 bits per heavy atom. The third-order valence-corrected chi connectivity index (χ3v) is 6.88. The molecule has 0 aromatic heterocycles. The molecule has 0 saturated carbocycles. The van der Waals surface area contributed by atoms with Gasteiger partial charge in [-0.25, -0.2) is 0 Å². The number of ether oxygens (including phenoxy) is 1. The van der Waals surface area contributed by atoms with Gasteiger partial charge in [0.05, 0.1) is 0 Å². The summed E-state index contributed by atoms with van der Waals surface area (Å²) in [4.78, 5) is 15.9. The molecule has 0 aliphatic carbocycles. The van der Waals surface area contributed by atoms with E-state index in [-0.39, 0.29) is 12.8 Å². The molecular weight excluding hydrogens is 355 g/mol. The van der Waals surface area contributed by atoms with Gasteiger partial charge >= 0.3 is 7.60 Å². The van der Waals surface area contributed by atoms with Crippen molar-refractivity contribution in [3.05, 3.63) is 41.5 Å². The zero-order valence-electron chi connectivity index (χ0n) is 13.6. The number of rotatable bonds is 9. The van der Waals surface area contributed by atoms with Gasteiger partial charge < -0.3 is 14.5 Å². The molecular formula is C15H23O7PS. The van der Waals surface area contributed by atoms with Crippen LogP contribution in [0.5, 0.6) is 5.75 Å². The Hall–Kier alpha value is -1.18. The van der Waals surface area contributed by atoms with E-state index in [0.717, 1.165) is 16.9 Å². The summed E-state index contributed by atoms with van der Waals surface area (Å²) in [5.41, 5.74) is 2.00. The molecule has 1 atom stereocenters. The van der Waals surface area contributed by atoms with E-state index in [1.54, 1.807) is 0 Å². The Kier molecular flexibility index (Phi) is 7.63. The third kappa shape index (κ3) is 7.59. The fraction of sp³-hybridized carbons (Fsp3) is 0.467. The van der Waals surface area contributed by atoms with Crippen LogP contribution in [0.4, 0.5) is 0 Å². The van der Waals surface area contributed by atoms with E-state index in [4.69, 9.17) is 19.1 Å². The van der Waals surface area contributed by atoms with Crippen LogP contribution < -0.4 is 4.74 Å². The second kappa shape index (κ2) is 8.78. The van der Waals surface area contributed by atoms with Crippen LogP contribution in [0.3, 0.4) is 0 Å². The first-order valence-corrected chi connectivity index (χ1v) is 10.6. The molecule has 0 bridgehead atoms. The molecule has 0 heterocycles. The lowest BCUT2D eigenvalue weighted by Gasteiger charge is -2.14. The molecule has 0 spiro atoms. The van der Waals surface area contributed by atoms with Crippen molar-refractivity contribution in [2.75, 3.05) is 6.61 Å². The van der Waals surface area contributed by atoms with Crippen LogP contribution in [0.15, 0.2) is 35.9 Å². The number of hydrogen-bond acceptors (Lipinski definition) is 4. The Balaban J connectivity index is 2.47. The van der Waals surface area contributed by atoms with Crippen molar-refractivity contribution in [2.45, 2.75) is 38.1 Å². The zero-order valence-corrected chi connectivity index (χ0v) is 15.3. The van der Waals surface area contributed by atoms with Crippen molar-refractivity contribution in [1.82, 2.24) is 0 Å². The molecule has 0 amide bonds. The van der Waals surface area contributed by atoms with E-state index < -0.39 is 22.7 Å². The van der Waals surface area contributed by atoms with Crippen LogP contribution in [-0.2, 0) is 14.7 Å². The van der Waals surface area contributed by atoms with Crippen LogP contribution in [0.2, 0.25) is 0 Å². The molecule has 7 nitrogen and oxygen atoms in total. The minimum Gasteiger partial charge on any atom is -0.489 e. The molecule has 1 rings (SSSR count). The average molecular weight is 378 g/mol. The van der Waals surface area contributed by atoms with E-state index >= 15 is 0 Å². The first-order chi connectivity index (χ1) is 11.0. The summed E-state index contributed by atoms with van der Waals surface area (Å²) >= 11 is 0. The fourth-order valence-electron chi connectivity index (χ4n) is 2.09. The quantitative estimate of drug-likeness (QED) is 0.261. The van der Waals surface area contributed by atoms with Crippen molar-refractivity contribution in [3.8, 4) is 5.75 Å². The predicted octanol–water partition coefficient (Wildman–Crippen LogP) is 2.88. The van der Waals surface area contributed by atoms with Crippen molar-refractivity contribution in [3.63, 3.8) is 0 Å². The molecule has 1 unspecified atom stereocenters. The summed E-state index contributed by atoms with van der Waals surface area (Å²) in [7, 11) is -9.68. The molecule has 0 aliphatic heterocycles. The minimum absolute atomic E-state index is 0.220. The number of aryl methyl sites for hydroxylation is 1. The Bertz CT molecular complexity index is 721. The van der Waals surface area contributed by atoms with Gasteiger partial charge in [0.2, 0.25) is 0 Å². The van der Waals surface area contributed by atoms with Crippen molar-refractivity contribution < 1.29 is 32.1 Å². The van der Waals surface area contributed by atoms with Crippen LogP contribution in [-0.4, -0.2) is 34.4 Å². The molecule has 24 heavy (non-hydrogen) atoms. The number of hydrogen-bond donors (Lipinski definition) is 3. The molecule has 1 aromatic carbocycles. The monoisotopic (exact) mass is 378 g/mol. The van der Waals surface area contributed by atoms with Gasteiger partial charge in [-0.3, -0.25) is 9.12 Å². The van der Waals surface area contributed by atoms with Gasteiger partial charge in [0, 0.05) is 0 Å². The Morgan fingerprint density at radius 1 is 1.38 bits per heavy atom. The van der Waals surface area contributed by atoms with Gasteiger partial charge in [0.25, 0.3) is 10.1 Å². The largest absolute Gasteiger partial charge is 0.489 e. The zero-order chi connectivity index (χ0) is 18.4. The SMILES string of the molecule is C/C(=C\CCCC(P(=O)(O)O)S(=O)(=O)O)COc1cccc(C)c1. The summed E-state index contributed by atoms with van der Waals surface area (Å²) in [6.45, 7) is 4.17. The average Bonchev–Trinajstić information content (AvgIpc) is 2.42. The number of benzene rings is 1. The lowest BCUT2D eigenvalue weighted by atomic mass is 10.2. The highest BCUT2D eigenvalue weighted by Crippen LogP contribution is 2.46. The first-order valence-electron chi connectivity index (χ1n) is 7.37. The van der Waals surface area contributed by atoms with Gasteiger partial charge in [-0.2, -0.15) is 8.42 Å². The van der Waals surface area contributed by atoms with Crippen LogP contribution in [0.25, 0.3) is 0 Å². The van der Waals surface area contributed by atoms with Crippen LogP contribution in [0, 0.1) is 6.92 Å². The summed E-state index contributed by atoms with van der Waals surface area (Å²) < 4.78 is 47.7. The van der Waals surface area contributed by atoms with Crippen LogP contribution >= 0.6 is 7.60 Å². The maximum atomic E-state index is 11.1. The topological polar surface area (TPSA) is 121 Å². The van der Waals surface area contributed by atoms with Crippen molar-refractivity contribution in [2.24, 2.45) is 0 Å². The van der Waals surface area contributed by atoms with Crippen molar-refractivity contribution in [1.29, 1.82) is 0 Å². The third-order valence-electron chi connectivity index (χ3n) is 3.32. The molecule has 136 valence electrons. The Morgan fingerprint density at radius 2 is 2.04 bits per heavy atom. The minimum atomic E-state index is -4.90.